The lowest BCUT2D eigenvalue weighted by molar-refractivity contribution is -0.133. The number of nitrogens with zero attached hydrogens (tertiary/aromatic N) is 4. The van der Waals surface area contributed by atoms with Crippen molar-refractivity contribution in [3.8, 4) is 0 Å². The maximum atomic E-state index is 12.0. The summed E-state index contributed by atoms with van der Waals surface area (Å²) in [6, 6.07) is 0.285. The summed E-state index contributed by atoms with van der Waals surface area (Å²) in [5.41, 5.74) is 8.26. The van der Waals surface area contributed by atoms with Gasteiger partial charge in [0.2, 0.25) is 5.91 Å². The molecular formula is C11H18N4O2. The van der Waals surface area contributed by atoms with E-state index in [1.54, 1.807) is 0 Å². The zero-order valence-electron chi connectivity index (χ0n) is 9.92. The average Bonchev–Trinajstić information content (AvgIpc) is 2.58. The van der Waals surface area contributed by atoms with Gasteiger partial charge in [0.05, 0.1) is 13.2 Å². The number of hydrogen-bond acceptors (Lipinski definition) is 3. The van der Waals surface area contributed by atoms with E-state index in [2.05, 4.69) is 10.0 Å². The van der Waals surface area contributed by atoms with E-state index in [-0.39, 0.29) is 18.5 Å². The van der Waals surface area contributed by atoms with Gasteiger partial charge >= 0.3 is 0 Å². The second-order valence-electron chi connectivity index (χ2n) is 4.66. The number of rotatable bonds is 2. The predicted octanol–water partition coefficient (Wildman–Crippen LogP) is 1.71. The van der Waals surface area contributed by atoms with E-state index in [9.17, 15) is 4.79 Å². The molecule has 6 nitrogen and oxygen atoms in total. The van der Waals surface area contributed by atoms with E-state index in [4.69, 9.17) is 10.3 Å². The number of fused-ring (bicyclic) bond motifs is 1. The lowest BCUT2D eigenvalue weighted by Gasteiger charge is -2.37. The average molecular weight is 238 g/mol. The van der Waals surface area contributed by atoms with Gasteiger partial charge in [0.15, 0.2) is 0 Å². The van der Waals surface area contributed by atoms with Crippen LogP contribution in [0, 0.1) is 5.92 Å². The minimum absolute atomic E-state index is 0.0646. The van der Waals surface area contributed by atoms with Crippen molar-refractivity contribution in [2.75, 3.05) is 26.3 Å². The minimum Gasteiger partial charge on any atom is -0.379 e. The van der Waals surface area contributed by atoms with Gasteiger partial charge in [0, 0.05) is 23.4 Å². The summed E-state index contributed by atoms with van der Waals surface area (Å²) in [4.78, 5) is 16.5. The second-order valence-corrected chi connectivity index (χ2v) is 4.66. The number of amides is 1. The van der Waals surface area contributed by atoms with Gasteiger partial charge < -0.3 is 9.64 Å². The Balaban J connectivity index is 2.06. The molecule has 0 N–H and O–H groups in total. The van der Waals surface area contributed by atoms with Crippen molar-refractivity contribution in [3.05, 3.63) is 10.4 Å². The Hall–Kier alpha value is -1.26. The molecule has 1 aliphatic heterocycles. The highest BCUT2D eigenvalue weighted by molar-refractivity contribution is 5.78. The van der Waals surface area contributed by atoms with Crippen LogP contribution in [0.2, 0.25) is 0 Å². The Labute approximate surface area is 101 Å². The highest BCUT2D eigenvalue weighted by atomic mass is 16.5. The van der Waals surface area contributed by atoms with Gasteiger partial charge in [0.1, 0.15) is 6.54 Å². The smallest absolute Gasteiger partial charge is 0.228 e. The monoisotopic (exact) mass is 238 g/mol. The maximum Gasteiger partial charge on any atom is 0.228 e. The van der Waals surface area contributed by atoms with E-state index < -0.39 is 0 Å². The Morgan fingerprint density at radius 3 is 3.12 bits per heavy atom. The lowest BCUT2D eigenvalue weighted by atomic mass is 9.84. The van der Waals surface area contributed by atoms with Crippen LogP contribution in [0.4, 0.5) is 0 Å². The van der Waals surface area contributed by atoms with Crippen molar-refractivity contribution >= 4 is 5.91 Å². The fraction of sp³-hybridized carbons (Fsp3) is 0.909. The molecule has 94 valence electrons. The molecule has 1 amide bonds. The zero-order chi connectivity index (χ0) is 12.1. The Bertz CT molecular complexity index is 327. The molecule has 2 aliphatic rings. The van der Waals surface area contributed by atoms with Crippen LogP contribution in [-0.2, 0) is 9.53 Å². The molecule has 0 spiro atoms. The zero-order valence-corrected chi connectivity index (χ0v) is 9.92. The van der Waals surface area contributed by atoms with Crippen LogP contribution in [0.1, 0.15) is 25.7 Å². The maximum absolute atomic E-state index is 12.0. The second kappa shape index (κ2) is 5.89. The molecule has 0 radical (unpaired) electrons. The Morgan fingerprint density at radius 2 is 2.29 bits per heavy atom. The van der Waals surface area contributed by atoms with Crippen LogP contribution in [0.25, 0.3) is 10.4 Å². The van der Waals surface area contributed by atoms with Crippen LogP contribution in [0.3, 0.4) is 0 Å². The molecular weight excluding hydrogens is 220 g/mol. The van der Waals surface area contributed by atoms with E-state index in [0.717, 1.165) is 19.4 Å². The highest BCUT2D eigenvalue weighted by Gasteiger charge is 2.34. The Kier molecular flexibility index (Phi) is 4.23. The van der Waals surface area contributed by atoms with Crippen LogP contribution in [-0.4, -0.2) is 43.2 Å². The number of carbonyl (C=O) groups excluding carboxylic acids is 1. The molecule has 1 aliphatic carbocycles. The van der Waals surface area contributed by atoms with Gasteiger partial charge in [-0.15, -0.1) is 0 Å². The van der Waals surface area contributed by atoms with Crippen LogP contribution in [0.5, 0.6) is 0 Å². The van der Waals surface area contributed by atoms with Crippen LogP contribution >= 0.6 is 0 Å². The van der Waals surface area contributed by atoms with Crippen LogP contribution < -0.4 is 0 Å². The third-order valence-electron chi connectivity index (χ3n) is 3.67. The van der Waals surface area contributed by atoms with E-state index in [1.807, 2.05) is 4.90 Å². The number of hydrogen-bond donors (Lipinski definition) is 0. The third kappa shape index (κ3) is 2.90. The minimum atomic E-state index is -0.0697. The van der Waals surface area contributed by atoms with Gasteiger partial charge in [-0.25, -0.2) is 0 Å². The SMILES string of the molecule is [N-]=[N+]=NCC(=O)N1CCOC[C@@H]2CCCC[C@H]21. The summed E-state index contributed by atoms with van der Waals surface area (Å²) in [5, 5.41) is 3.36. The third-order valence-corrected chi connectivity index (χ3v) is 3.67. The van der Waals surface area contributed by atoms with E-state index >= 15 is 0 Å². The normalized spacial score (nSPS) is 28.8. The first-order valence-electron chi connectivity index (χ1n) is 6.21. The topological polar surface area (TPSA) is 78.3 Å². The fourth-order valence-corrected chi connectivity index (χ4v) is 2.85. The first-order valence-corrected chi connectivity index (χ1v) is 6.21. The van der Waals surface area contributed by atoms with Gasteiger partial charge in [-0.1, -0.05) is 18.0 Å². The predicted molar refractivity (Wildman–Crippen MR) is 62.3 cm³/mol. The molecule has 17 heavy (non-hydrogen) atoms. The first kappa shape index (κ1) is 12.2. The number of azide groups is 1. The lowest BCUT2D eigenvalue weighted by Crippen LogP contribution is -2.47. The molecule has 2 atom stereocenters. The molecule has 2 fully saturated rings. The molecule has 6 heteroatoms. The summed E-state index contributed by atoms with van der Waals surface area (Å²) in [6.45, 7) is 1.91. The molecule has 1 heterocycles. The van der Waals surface area contributed by atoms with E-state index in [0.29, 0.717) is 19.1 Å². The molecule has 2 rings (SSSR count). The molecule has 1 saturated heterocycles. The molecule has 0 unspecified atom stereocenters. The van der Waals surface area contributed by atoms with Gasteiger partial charge in [0.25, 0.3) is 0 Å². The number of carbonyl (C=O) groups is 1. The molecule has 1 saturated carbocycles. The summed E-state index contributed by atoms with van der Waals surface area (Å²) >= 11 is 0. The molecule has 0 aromatic heterocycles. The van der Waals surface area contributed by atoms with Crippen LogP contribution in [0.15, 0.2) is 5.11 Å². The molecule has 0 bridgehead atoms. The highest BCUT2D eigenvalue weighted by Crippen LogP contribution is 2.30. The summed E-state index contributed by atoms with van der Waals surface area (Å²) in [7, 11) is 0. The van der Waals surface area contributed by atoms with Crippen molar-refractivity contribution in [2.24, 2.45) is 11.0 Å². The Morgan fingerprint density at radius 1 is 1.47 bits per heavy atom. The standard InChI is InChI=1S/C11H18N4O2/c12-14-13-7-11(16)15-5-6-17-8-9-3-1-2-4-10(9)15/h9-10H,1-8H2/t9-,10+/m0/s1. The van der Waals surface area contributed by atoms with Gasteiger partial charge in [-0.2, -0.15) is 0 Å². The largest absolute Gasteiger partial charge is 0.379 e. The fourth-order valence-electron chi connectivity index (χ4n) is 2.85. The number of ether oxygens (including phenoxy) is 1. The van der Waals surface area contributed by atoms with Gasteiger partial charge in [-0.3, -0.25) is 4.79 Å². The first-order chi connectivity index (χ1) is 8.33. The summed E-state index contributed by atoms with van der Waals surface area (Å²) < 4.78 is 5.55. The van der Waals surface area contributed by atoms with Crippen molar-refractivity contribution in [1.82, 2.24) is 4.90 Å². The van der Waals surface area contributed by atoms with Crippen molar-refractivity contribution < 1.29 is 9.53 Å². The molecule has 0 aromatic carbocycles. The van der Waals surface area contributed by atoms with Crippen molar-refractivity contribution in [3.63, 3.8) is 0 Å². The quantitative estimate of drug-likeness (QED) is 0.417. The van der Waals surface area contributed by atoms with E-state index in [1.165, 1.54) is 12.8 Å². The summed E-state index contributed by atoms with van der Waals surface area (Å²) in [5.74, 6) is 0.395. The van der Waals surface area contributed by atoms with Gasteiger partial charge in [-0.05, 0) is 18.4 Å². The molecule has 0 aromatic rings. The summed E-state index contributed by atoms with van der Waals surface area (Å²) in [6.07, 6.45) is 4.58. The van der Waals surface area contributed by atoms with Crippen molar-refractivity contribution in [1.29, 1.82) is 0 Å². The van der Waals surface area contributed by atoms with Crippen molar-refractivity contribution in [2.45, 2.75) is 31.7 Å².